The number of hydrogen-bond acceptors (Lipinski definition) is 4. The molecule has 0 amide bonds. The average molecular weight is 326 g/mol. The Morgan fingerprint density at radius 3 is 2.23 bits per heavy atom. The van der Waals surface area contributed by atoms with Crippen LogP contribution >= 0.6 is 0 Å². The number of rotatable bonds is 5. The Balaban J connectivity index is 1.73. The highest BCUT2D eigenvalue weighted by atomic mass is 32.2. The molecule has 2 aliphatic heterocycles. The number of hydrogen-bond donors (Lipinski definition) is 1. The van der Waals surface area contributed by atoms with Crippen LogP contribution in [0.1, 0.15) is 18.1 Å². The van der Waals surface area contributed by atoms with Crippen molar-refractivity contribution in [3.8, 4) is 0 Å². The quantitative estimate of drug-likeness (QED) is 0.847. The minimum absolute atomic E-state index is 0.147. The summed E-state index contributed by atoms with van der Waals surface area (Å²) in [4.78, 5) is 11.3. The van der Waals surface area contributed by atoms with Crippen molar-refractivity contribution in [2.75, 3.05) is 19.7 Å². The van der Waals surface area contributed by atoms with Crippen molar-refractivity contribution in [3.05, 3.63) is 35.4 Å². The van der Waals surface area contributed by atoms with E-state index in [0.717, 1.165) is 11.1 Å². The van der Waals surface area contributed by atoms with Gasteiger partial charge in [0.25, 0.3) is 10.2 Å². The van der Waals surface area contributed by atoms with Gasteiger partial charge in [-0.05, 0) is 18.1 Å². The van der Waals surface area contributed by atoms with Crippen LogP contribution in [-0.4, -0.2) is 53.4 Å². The number of carboxylic acid groups (broad SMARTS) is 1. The van der Waals surface area contributed by atoms with Gasteiger partial charge in [0, 0.05) is 19.7 Å². The van der Waals surface area contributed by atoms with E-state index in [1.807, 2.05) is 24.3 Å². The molecule has 2 heterocycles. The first-order valence-electron chi connectivity index (χ1n) is 7.08. The molecule has 0 saturated carbocycles. The summed E-state index contributed by atoms with van der Waals surface area (Å²) in [5, 5.41) is 9.25. The molecular formula is C14H18N2O5S. The van der Waals surface area contributed by atoms with Gasteiger partial charge in [0.05, 0.1) is 13.1 Å². The van der Waals surface area contributed by atoms with E-state index in [1.54, 1.807) is 6.92 Å². The number of carbonyl (C=O) groups is 1. The second kappa shape index (κ2) is 5.31. The maximum Gasteiger partial charge on any atom is 0.338 e. The van der Waals surface area contributed by atoms with Crippen molar-refractivity contribution >= 4 is 16.2 Å². The van der Waals surface area contributed by atoms with Gasteiger partial charge in [-0.3, -0.25) is 0 Å². The number of ether oxygens (including phenoxy) is 1. The highest BCUT2D eigenvalue weighted by molar-refractivity contribution is 7.86. The molecule has 2 aliphatic rings. The van der Waals surface area contributed by atoms with Crippen LogP contribution in [0.5, 0.6) is 0 Å². The number of carboxylic acids is 1. The lowest BCUT2D eigenvalue weighted by Gasteiger charge is -2.46. The van der Waals surface area contributed by atoms with Gasteiger partial charge in [0.1, 0.15) is 0 Å². The van der Waals surface area contributed by atoms with Gasteiger partial charge >= 0.3 is 5.97 Å². The topological polar surface area (TPSA) is 87.1 Å². The molecule has 1 aromatic rings. The zero-order valence-electron chi connectivity index (χ0n) is 12.2. The van der Waals surface area contributed by atoms with E-state index >= 15 is 0 Å². The van der Waals surface area contributed by atoms with E-state index in [1.165, 1.54) is 8.61 Å². The smallest absolute Gasteiger partial charge is 0.338 e. The average Bonchev–Trinajstić information content (AvgIpc) is 2.86. The molecule has 8 heteroatoms. The van der Waals surface area contributed by atoms with Gasteiger partial charge in [-0.2, -0.15) is 17.0 Å². The summed E-state index contributed by atoms with van der Waals surface area (Å²) < 4.78 is 33.0. The standard InChI is InChI=1S/C14H18N2O5S/c1-2-21-14(13(17)18)9-16(10-14)22(19,20)15-7-11-5-3-4-6-12(11)8-15/h3-6H,2,7-10H2,1H3,(H,17,18). The molecule has 0 aliphatic carbocycles. The second-order valence-corrected chi connectivity index (χ2v) is 7.47. The third-order valence-corrected chi connectivity index (χ3v) is 5.96. The molecule has 1 saturated heterocycles. The third kappa shape index (κ3) is 2.32. The van der Waals surface area contributed by atoms with Crippen LogP contribution in [0, 0.1) is 0 Å². The normalized spacial score (nSPS) is 21.3. The van der Waals surface area contributed by atoms with Crippen molar-refractivity contribution in [2.24, 2.45) is 0 Å². The zero-order valence-corrected chi connectivity index (χ0v) is 13.0. The molecule has 0 radical (unpaired) electrons. The molecule has 0 aromatic heterocycles. The Hall–Kier alpha value is -1.48. The molecule has 0 atom stereocenters. The first-order valence-corrected chi connectivity index (χ1v) is 8.48. The van der Waals surface area contributed by atoms with Gasteiger partial charge in [-0.15, -0.1) is 0 Å². The van der Waals surface area contributed by atoms with Crippen LogP contribution < -0.4 is 0 Å². The van der Waals surface area contributed by atoms with Crippen LogP contribution in [0.3, 0.4) is 0 Å². The zero-order chi connectivity index (χ0) is 16.0. The Kier molecular flexibility index (Phi) is 3.72. The van der Waals surface area contributed by atoms with Crippen LogP contribution in [0.25, 0.3) is 0 Å². The van der Waals surface area contributed by atoms with Gasteiger partial charge < -0.3 is 9.84 Å². The van der Waals surface area contributed by atoms with Crippen molar-refractivity contribution in [3.63, 3.8) is 0 Å². The summed E-state index contributed by atoms with van der Waals surface area (Å²) in [5.41, 5.74) is 0.566. The van der Waals surface area contributed by atoms with Gasteiger partial charge in [0.2, 0.25) is 0 Å². The molecule has 0 unspecified atom stereocenters. The first-order chi connectivity index (χ1) is 10.4. The van der Waals surface area contributed by atoms with Crippen LogP contribution in [0.15, 0.2) is 24.3 Å². The van der Waals surface area contributed by atoms with Crippen LogP contribution in [-0.2, 0) is 32.8 Å². The third-order valence-electron chi connectivity index (χ3n) is 4.14. The van der Waals surface area contributed by atoms with Crippen LogP contribution in [0.2, 0.25) is 0 Å². The molecule has 7 nitrogen and oxygen atoms in total. The van der Waals surface area contributed by atoms with E-state index in [-0.39, 0.29) is 19.7 Å². The highest BCUT2D eigenvalue weighted by Crippen LogP contribution is 2.33. The van der Waals surface area contributed by atoms with E-state index < -0.39 is 21.8 Å². The summed E-state index contributed by atoms with van der Waals surface area (Å²) in [6, 6.07) is 7.57. The predicted molar refractivity (Wildman–Crippen MR) is 78.2 cm³/mol. The van der Waals surface area contributed by atoms with E-state index in [0.29, 0.717) is 13.1 Å². The highest BCUT2D eigenvalue weighted by Gasteiger charge is 2.56. The van der Waals surface area contributed by atoms with Gasteiger partial charge in [-0.25, -0.2) is 4.79 Å². The number of benzene rings is 1. The monoisotopic (exact) mass is 326 g/mol. The van der Waals surface area contributed by atoms with Crippen molar-refractivity contribution in [1.82, 2.24) is 8.61 Å². The fraction of sp³-hybridized carbons (Fsp3) is 0.500. The Morgan fingerprint density at radius 1 is 1.23 bits per heavy atom. The Morgan fingerprint density at radius 2 is 1.77 bits per heavy atom. The largest absolute Gasteiger partial charge is 0.479 e. The molecule has 1 aromatic carbocycles. The van der Waals surface area contributed by atoms with E-state index in [2.05, 4.69) is 0 Å². The van der Waals surface area contributed by atoms with Crippen molar-refractivity contribution in [1.29, 1.82) is 0 Å². The maximum atomic E-state index is 12.6. The Bertz CT molecular complexity index is 672. The fourth-order valence-corrected chi connectivity index (χ4v) is 4.55. The molecule has 1 fully saturated rings. The summed E-state index contributed by atoms with van der Waals surface area (Å²) in [6.45, 7) is 2.28. The lowest BCUT2D eigenvalue weighted by Crippen LogP contribution is -2.69. The molecule has 3 rings (SSSR count). The molecular weight excluding hydrogens is 308 g/mol. The minimum atomic E-state index is -3.67. The Labute approximate surface area is 129 Å². The van der Waals surface area contributed by atoms with E-state index in [4.69, 9.17) is 4.74 Å². The summed E-state index contributed by atoms with van der Waals surface area (Å²) >= 11 is 0. The fourth-order valence-electron chi connectivity index (χ4n) is 2.88. The molecule has 120 valence electrons. The summed E-state index contributed by atoms with van der Waals surface area (Å²) in [6.07, 6.45) is 0. The SMILES string of the molecule is CCOC1(C(=O)O)CN(S(=O)(=O)N2Cc3ccccc3C2)C1. The molecule has 22 heavy (non-hydrogen) atoms. The maximum absolute atomic E-state index is 12.6. The van der Waals surface area contributed by atoms with Gasteiger partial charge in [0.15, 0.2) is 5.60 Å². The second-order valence-electron chi connectivity index (χ2n) is 5.55. The summed E-state index contributed by atoms with van der Waals surface area (Å²) in [5.74, 6) is -1.12. The lowest BCUT2D eigenvalue weighted by atomic mass is 9.97. The minimum Gasteiger partial charge on any atom is -0.479 e. The van der Waals surface area contributed by atoms with Crippen LogP contribution in [0.4, 0.5) is 0 Å². The van der Waals surface area contributed by atoms with Gasteiger partial charge in [-0.1, -0.05) is 24.3 Å². The number of fused-ring (bicyclic) bond motifs is 1. The lowest BCUT2D eigenvalue weighted by molar-refractivity contribution is -0.181. The predicted octanol–water partition coefficient (Wildman–Crippen LogP) is 0.423. The van der Waals surface area contributed by atoms with Crippen molar-refractivity contribution in [2.45, 2.75) is 25.6 Å². The molecule has 0 bridgehead atoms. The summed E-state index contributed by atoms with van der Waals surface area (Å²) in [7, 11) is -3.67. The van der Waals surface area contributed by atoms with E-state index in [9.17, 15) is 18.3 Å². The number of nitrogens with zero attached hydrogens (tertiary/aromatic N) is 2. The molecule has 1 N–H and O–H groups in total. The number of aliphatic carboxylic acids is 1. The first kappa shape index (κ1) is 15.4. The van der Waals surface area contributed by atoms with Crippen molar-refractivity contribution < 1.29 is 23.1 Å². The molecule has 0 spiro atoms.